The van der Waals surface area contributed by atoms with Crippen LogP contribution in [0.5, 0.6) is 17.2 Å². The molecule has 29 heavy (non-hydrogen) atoms. The predicted molar refractivity (Wildman–Crippen MR) is 109 cm³/mol. The van der Waals surface area contributed by atoms with Crippen molar-refractivity contribution in [2.45, 2.75) is 6.54 Å². The normalized spacial score (nSPS) is 13.4. The smallest absolute Gasteiger partial charge is 0.325 e. The molecule has 2 aromatic carbocycles. The predicted octanol–water partition coefficient (Wildman–Crippen LogP) is 2.27. The number of amides is 3. The molecule has 0 atom stereocenters. The van der Waals surface area contributed by atoms with E-state index in [4.69, 9.17) is 14.2 Å². The number of urea groups is 1. The van der Waals surface area contributed by atoms with Crippen molar-refractivity contribution in [1.82, 2.24) is 10.2 Å². The summed E-state index contributed by atoms with van der Waals surface area (Å²) in [5.74, 6) is 1.70. The molecular formula is C21H25N3O5. The molecule has 0 saturated carbocycles. The van der Waals surface area contributed by atoms with Crippen LogP contribution in [0.25, 0.3) is 0 Å². The van der Waals surface area contributed by atoms with Gasteiger partial charge in [-0.05, 0) is 29.8 Å². The third kappa shape index (κ3) is 4.71. The SMILES string of the molecule is COc1ccc(CNC(=O)CN2CCN(c3ccc(OC)c(OC)c3)C2=O)cc1. The van der Waals surface area contributed by atoms with Crippen LogP contribution in [0.15, 0.2) is 42.5 Å². The van der Waals surface area contributed by atoms with Crippen LogP contribution in [-0.2, 0) is 11.3 Å². The first-order valence-corrected chi connectivity index (χ1v) is 9.23. The molecule has 1 fully saturated rings. The highest BCUT2D eigenvalue weighted by molar-refractivity contribution is 5.96. The molecule has 1 aliphatic rings. The average molecular weight is 399 g/mol. The molecule has 0 aliphatic carbocycles. The summed E-state index contributed by atoms with van der Waals surface area (Å²) in [6.07, 6.45) is 0. The van der Waals surface area contributed by atoms with Gasteiger partial charge in [0.25, 0.3) is 0 Å². The number of benzene rings is 2. The molecule has 8 heteroatoms. The molecule has 1 saturated heterocycles. The van der Waals surface area contributed by atoms with Crippen LogP contribution < -0.4 is 24.4 Å². The van der Waals surface area contributed by atoms with Crippen LogP contribution >= 0.6 is 0 Å². The Morgan fingerprint density at radius 3 is 2.34 bits per heavy atom. The monoisotopic (exact) mass is 399 g/mol. The maximum absolute atomic E-state index is 12.7. The molecular weight excluding hydrogens is 374 g/mol. The van der Waals surface area contributed by atoms with Crippen molar-refractivity contribution >= 4 is 17.6 Å². The standard InChI is InChI=1S/C21H25N3O5/c1-27-17-7-4-15(5-8-17)13-22-20(25)14-23-10-11-24(21(23)26)16-6-9-18(28-2)19(12-16)29-3/h4-9,12H,10-11,13-14H2,1-3H3,(H,22,25). The zero-order chi connectivity index (χ0) is 20.8. The first-order chi connectivity index (χ1) is 14.0. The Morgan fingerprint density at radius 2 is 1.69 bits per heavy atom. The first kappa shape index (κ1) is 20.3. The largest absolute Gasteiger partial charge is 0.497 e. The highest BCUT2D eigenvalue weighted by Gasteiger charge is 2.31. The lowest BCUT2D eigenvalue weighted by Crippen LogP contribution is -2.39. The van der Waals surface area contributed by atoms with E-state index >= 15 is 0 Å². The summed E-state index contributed by atoms with van der Waals surface area (Å²) in [7, 11) is 4.72. The van der Waals surface area contributed by atoms with Gasteiger partial charge in [-0.25, -0.2) is 4.79 Å². The van der Waals surface area contributed by atoms with Crippen molar-refractivity contribution in [3.63, 3.8) is 0 Å². The van der Waals surface area contributed by atoms with Gasteiger partial charge in [0.1, 0.15) is 12.3 Å². The van der Waals surface area contributed by atoms with Crippen molar-refractivity contribution in [2.24, 2.45) is 0 Å². The fourth-order valence-electron chi connectivity index (χ4n) is 3.14. The van der Waals surface area contributed by atoms with Gasteiger partial charge in [-0.15, -0.1) is 0 Å². The molecule has 0 bridgehead atoms. The zero-order valence-corrected chi connectivity index (χ0v) is 16.8. The van der Waals surface area contributed by atoms with Crippen LogP contribution in [0.4, 0.5) is 10.5 Å². The molecule has 8 nitrogen and oxygen atoms in total. The van der Waals surface area contributed by atoms with Crippen LogP contribution in [0.1, 0.15) is 5.56 Å². The lowest BCUT2D eigenvalue weighted by molar-refractivity contribution is -0.121. The lowest BCUT2D eigenvalue weighted by atomic mass is 10.2. The average Bonchev–Trinajstić information content (AvgIpc) is 3.12. The molecule has 1 aliphatic heterocycles. The van der Waals surface area contributed by atoms with E-state index in [0.717, 1.165) is 11.3 Å². The van der Waals surface area contributed by atoms with Gasteiger partial charge in [0, 0.05) is 31.4 Å². The highest BCUT2D eigenvalue weighted by atomic mass is 16.5. The van der Waals surface area contributed by atoms with Gasteiger partial charge in [0.05, 0.1) is 21.3 Å². The van der Waals surface area contributed by atoms with Crippen LogP contribution in [0.2, 0.25) is 0 Å². The van der Waals surface area contributed by atoms with Crippen LogP contribution in [0.3, 0.4) is 0 Å². The number of hydrogen-bond acceptors (Lipinski definition) is 5. The second-order valence-corrected chi connectivity index (χ2v) is 6.52. The van der Waals surface area contributed by atoms with Gasteiger partial charge in [0.2, 0.25) is 5.91 Å². The Kier molecular flexibility index (Phi) is 6.43. The van der Waals surface area contributed by atoms with E-state index < -0.39 is 0 Å². The van der Waals surface area contributed by atoms with Gasteiger partial charge < -0.3 is 24.4 Å². The Bertz CT molecular complexity index is 869. The number of carbonyl (C=O) groups is 2. The summed E-state index contributed by atoms with van der Waals surface area (Å²) in [6.45, 7) is 1.38. The molecule has 3 rings (SSSR count). The Labute approximate surface area is 170 Å². The molecule has 2 aromatic rings. The summed E-state index contributed by atoms with van der Waals surface area (Å²) in [5.41, 5.74) is 1.66. The van der Waals surface area contributed by atoms with Crippen LogP contribution in [-0.4, -0.2) is 57.8 Å². The zero-order valence-electron chi connectivity index (χ0n) is 16.8. The summed E-state index contributed by atoms with van der Waals surface area (Å²) >= 11 is 0. The molecule has 0 unspecified atom stereocenters. The fourth-order valence-corrected chi connectivity index (χ4v) is 3.14. The molecule has 0 aromatic heterocycles. The summed E-state index contributed by atoms with van der Waals surface area (Å²) in [6, 6.07) is 12.6. The van der Waals surface area contributed by atoms with E-state index in [1.165, 1.54) is 4.90 Å². The van der Waals surface area contributed by atoms with Crippen molar-refractivity contribution in [1.29, 1.82) is 0 Å². The Morgan fingerprint density at radius 1 is 0.966 bits per heavy atom. The van der Waals surface area contributed by atoms with Crippen molar-refractivity contribution in [3.05, 3.63) is 48.0 Å². The molecule has 154 valence electrons. The Balaban J connectivity index is 1.56. The van der Waals surface area contributed by atoms with Crippen molar-refractivity contribution in [3.8, 4) is 17.2 Å². The lowest BCUT2D eigenvalue weighted by Gasteiger charge is -2.19. The van der Waals surface area contributed by atoms with Crippen LogP contribution in [0, 0.1) is 0 Å². The number of anilines is 1. The minimum atomic E-state index is -0.211. The number of nitrogens with one attached hydrogen (secondary N) is 1. The minimum Gasteiger partial charge on any atom is -0.497 e. The number of ether oxygens (including phenoxy) is 3. The van der Waals surface area contributed by atoms with Gasteiger partial charge >= 0.3 is 6.03 Å². The Hall–Kier alpha value is -3.42. The van der Waals surface area contributed by atoms with Crippen molar-refractivity contribution < 1.29 is 23.8 Å². The van der Waals surface area contributed by atoms with E-state index in [-0.39, 0.29) is 18.5 Å². The topological polar surface area (TPSA) is 80.3 Å². The van der Waals surface area contributed by atoms with E-state index in [2.05, 4.69) is 5.32 Å². The molecule has 3 amide bonds. The quantitative estimate of drug-likeness (QED) is 0.737. The first-order valence-electron chi connectivity index (χ1n) is 9.23. The minimum absolute atomic E-state index is 0.0127. The molecule has 0 spiro atoms. The summed E-state index contributed by atoms with van der Waals surface area (Å²) in [5, 5.41) is 2.84. The summed E-state index contributed by atoms with van der Waals surface area (Å²) < 4.78 is 15.7. The third-order valence-electron chi connectivity index (χ3n) is 4.76. The van der Waals surface area contributed by atoms with Crippen molar-refractivity contribution in [2.75, 3.05) is 45.9 Å². The molecule has 1 heterocycles. The van der Waals surface area contributed by atoms with E-state index in [9.17, 15) is 9.59 Å². The van der Waals surface area contributed by atoms with E-state index in [1.807, 2.05) is 24.3 Å². The number of methoxy groups -OCH3 is 3. The number of nitrogens with zero attached hydrogens (tertiary/aromatic N) is 2. The maximum Gasteiger partial charge on any atom is 0.325 e. The second kappa shape index (κ2) is 9.18. The summed E-state index contributed by atoms with van der Waals surface area (Å²) in [4.78, 5) is 28.2. The maximum atomic E-state index is 12.7. The highest BCUT2D eigenvalue weighted by Crippen LogP contribution is 2.32. The van der Waals surface area contributed by atoms with Gasteiger partial charge in [-0.2, -0.15) is 0 Å². The van der Waals surface area contributed by atoms with Gasteiger partial charge in [-0.3, -0.25) is 9.69 Å². The fraction of sp³-hybridized carbons (Fsp3) is 0.333. The van der Waals surface area contributed by atoms with E-state index in [1.54, 1.807) is 44.4 Å². The number of hydrogen-bond donors (Lipinski definition) is 1. The van der Waals surface area contributed by atoms with Gasteiger partial charge in [-0.1, -0.05) is 12.1 Å². The third-order valence-corrected chi connectivity index (χ3v) is 4.76. The molecule has 1 N–H and O–H groups in total. The molecule has 0 radical (unpaired) electrons. The van der Waals surface area contributed by atoms with E-state index in [0.29, 0.717) is 36.8 Å². The number of rotatable bonds is 8. The van der Waals surface area contributed by atoms with Gasteiger partial charge in [0.15, 0.2) is 11.5 Å². The second-order valence-electron chi connectivity index (χ2n) is 6.52. The number of carbonyl (C=O) groups excluding carboxylic acids is 2.